The van der Waals surface area contributed by atoms with E-state index in [1.165, 1.54) is 0 Å². The van der Waals surface area contributed by atoms with Crippen LogP contribution in [0.15, 0.2) is 36.8 Å². The first-order chi connectivity index (χ1) is 13.1. The van der Waals surface area contributed by atoms with E-state index in [2.05, 4.69) is 10.1 Å². The van der Waals surface area contributed by atoms with Crippen LogP contribution in [-0.4, -0.2) is 56.0 Å². The van der Waals surface area contributed by atoms with Crippen molar-refractivity contribution in [3.05, 3.63) is 48.0 Å². The number of hydrogen-bond acceptors (Lipinski definition) is 4. The average Bonchev–Trinajstić information content (AvgIpc) is 3.21. The Kier molecular flexibility index (Phi) is 4.68. The summed E-state index contributed by atoms with van der Waals surface area (Å²) in [7, 11) is 1.85. The van der Waals surface area contributed by atoms with Crippen LogP contribution < -0.4 is 0 Å². The van der Waals surface area contributed by atoms with Gasteiger partial charge in [0, 0.05) is 51.8 Å². The summed E-state index contributed by atoms with van der Waals surface area (Å²) in [5, 5.41) is 4.30. The fraction of sp³-hybridized carbons (Fsp3) is 0.500. The Morgan fingerprint density at radius 1 is 1.26 bits per heavy atom. The molecule has 0 aromatic carbocycles. The van der Waals surface area contributed by atoms with Crippen molar-refractivity contribution >= 4 is 11.8 Å². The molecule has 2 aliphatic heterocycles. The quantitative estimate of drug-likeness (QED) is 0.819. The summed E-state index contributed by atoms with van der Waals surface area (Å²) in [4.78, 5) is 33.8. The number of carbonyl (C=O) groups excluding carboxylic acids is 2. The zero-order valence-electron chi connectivity index (χ0n) is 15.7. The lowest BCUT2D eigenvalue weighted by Crippen LogP contribution is -2.50. The summed E-state index contributed by atoms with van der Waals surface area (Å²) in [6.07, 6.45) is 8.25. The van der Waals surface area contributed by atoms with E-state index < -0.39 is 5.41 Å². The molecule has 0 unspecified atom stereocenters. The van der Waals surface area contributed by atoms with Gasteiger partial charge in [-0.3, -0.25) is 19.3 Å². The van der Waals surface area contributed by atoms with Crippen molar-refractivity contribution in [3.63, 3.8) is 0 Å². The molecule has 0 N–H and O–H groups in total. The predicted molar refractivity (Wildman–Crippen MR) is 99.4 cm³/mol. The molecule has 1 spiro atoms. The Morgan fingerprint density at radius 3 is 2.89 bits per heavy atom. The lowest BCUT2D eigenvalue weighted by atomic mass is 9.78. The normalized spacial score (nSPS) is 22.6. The highest BCUT2D eigenvalue weighted by Crippen LogP contribution is 2.40. The molecule has 2 aliphatic rings. The minimum Gasteiger partial charge on any atom is -0.341 e. The van der Waals surface area contributed by atoms with E-state index in [-0.39, 0.29) is 11.8 Å². The molecular formula is C20H25N5O2. The Morgan fingerprint density at radius 2 is 2.15 bits per heavy atom. The third-order valence-electron chi connectivity index (χ3n) is 5.73. The molecule has 2 aromatic heterocycles. The number of likely N-dealkylation sites (tertiary alicyclic amines) is 2. The molecule has 7 nitrogen and oxygen atoms in total. The fourth-order valence-corrected chi connectivity index (χ4v) is 4.30. The van der Waals surface area contributed by atoms with Gasteiger partial charge in [0.15, 0.2) is 0 Å². The van der Waals surface area contributed by atoms with E-state index in [0.717, 1.165) is 43.6 Å². The largest absolute Gasteiger partial charge is 0.341 e. The Bertz CT molecular complexity index is 834. The van der Waals surface area contributed by atoms with Gasteiger partial charge in [0.05, 0.1) is 17.5 Å². The zero-order valence-corrected chi connectivity index (χ0v) is 15.7. The standard InChI is InChI=1S/C20H25N5O2/c1-23-10-5-17(22-23)12-18(26)25-9-3-6-20(15-25)7-11-24(19(20)27)14-16-4-2-8-21-13-16/h2,4-5,8,10,13H,3,6-7,9,11-12,14-15H2,1H3/t20-/m0/s1. The summed E-state index contributed by atoms with van der Waals surface area (Å²) < 4.78 is 1.71. The van der Waals surface area contributed by atoms with Gasteiger partial charge in [0.2, 0.25) is 11.8 Å². The molecular weight excluding hydrogens is 342 g/mol. The molecule has 27 heavy (non-hydrogen) atoms. The Hall–Kier alpha value is -2.70. The number of aryl methyl sites for hydroxylation is 1. The summed E-state index contributed by atoms with van der Waals surface area (Å²) >= 11 is 0. The maximum Gasteiger partial charge on any atom is 0.230 e. The third-order valence-corrected chi connectivity index (χ3v) is 5.73. The van der Waals surface area contributed by atoms with Crippen molar-refractivity contribution in [1.29, 1.82) is 0 Å². The number of pyridine rings is 1. The number of nitrogens with zero attached hydrogens (tertiary/aromatic N) is 5. The second kappa shape index (κ2) is 7.13. The predicted octanol–water partition coefficient (Wildman–Crippen LogP) is 1.40. The third kappa shape index (κ3) is 3.59. The van der Waals surface area contributed by atoms with Gasteiger partial charge in [-0.1, -0.05) is 6.07 Å². The van der Waals surface area contributed by atoms with Crippen LogP contribution in [0.2, 0.25) is 0 Å². The van der Waals surface area contributed by atoms with E-state index in [1.54, 1.807) is 10.9 Å². The average molecular weight is 367 g/mol. The second-order valence-corrected chi connectivity index (χ2v) is 7.69. The van der Waals surface area contributed by atoms with Gasteiger partial charge in [0.25, 0.3) is 0 Å². The van der Waals surface area contributed by atoms with E-state index in [1.807, 2.05) is 47.4 Å². The molecule has 7 heteroatoms. The number of aromatic nitrogens is 3. The van der Waals surface area contributed by atoms with Gasteiger partial charge < -0.3 is 9.80 Å². The van der Waals surface area contributed by atoms with Crippen LogP contribution in [-0.2, 0) is 29.6 Å². The van der Waals surface area contributed by atoms with Gasteiger partial charge in [-0.15, -0.1) is 0 Å². The van der Waals surface area contributed by atoms with Gasteiger partial charge in [-0.05, 0) is 37.0 Å². The molecule has 0 saturated carbocycles. The first-order valence-corrected chi connectivity index (χ1v) is 9.50. The first kappa shape index (κ1) is 17.7. The monoisotopic (exact) mass is 367 g/mol. The molecule has 142 valence electrons. The molecule has 4 rings (SSSR count). The highest BCUT2D eigenvalue weighted by molar-refractivity contribution is 5.86. The van der Waals surface area contributed by atoms with Gasteiger partial charge in [-0.2, -0.15) is 5.10 Å². The van der Waals surface area contributed by atoms with Crippen molar-refractivity contribution in [2.45, 2.75) is 32.2 Å². The highest BCUT2D eigenvalue weighted by Gasteiger charge is 2.49. The summed E-state index contributed by atoms with van der Waals surface area (Å²) in [6.45, 7) is 2.59. The van der Waals surface area contributed by atoms with Crippen LogP contribution in [0, 0.1) is 5.41 Å². The van der Waals surface area contributed by atoms with Crippen LogP contribution in [0.4, 0.5) is 0 Å². The number of carbonyl (C=O) groups is 2. The zero-order chi connectivity index (χ0) is 18.9. The molecule has 4 heterocycles. The molecule has 2 fully saturated rings. The number of amides is 2. The fourth-order valence-electron chi connectivity index (χ4n) is 4.30. The molecule has 1 atom stereocenters. The Labute approximate surface area is 159 Å². The molecule has 0 radical (unpaired) electrons. The highest BCUT2D eigenvalue weighted by atomic mass is 16.2. The molecule has 0 bridgehead atoms. The van der Waals surface area contributed by atoms with Crippen LogP contribution in [0.25, 0.3) is 0 Å². The minimum atomic E-state index is -0.416. The molecule has 2 amide bonds. The topological polar surface area (TPSA) is 71.3 Å². The number of hydrogen-bond donors (Lipinski definition) is 0. The smallest absolute Gasteiger partial charge is 0.230 e. The van der Waals surface area contributed by atoms with Crippen molar-refractivity contribution in [2.24, 2.45) is 12.5 Å². The van der Waals surface area contributed by atoms with Crippen LogP contribution in [0.1, 0.15) is 30.5 Å². The van der Waals surface area contributed by atoms with Crippen LogP contribution in [0.5, 0.6) is 0 Å². The molecule has 2 aromatic rings. The van der Waals surface area contributed by atoms with Gasteiger partial charge in [-0.25, -0.2) is 0 Å². The summed E-state index contributed by atoms with van der Waals surface area (Å²) in [5.41, 5.74) is 1.40. The summed E-state index contributed by atoms with van der Waals surface area (Å²) in [6, 6.07) is 5.76. The minimum absolute atomic E-state index is 0.0614. The van der Waals surface area contributed by atoms with Gasteiger partial charge >= 0.3 is 0 Å². The van der Waals surface area contributed by atoms with Crippen molar-refractivity contribution in [2.75, 3.05) is 19.6 Å². The maximum atomic E-state index is 13.2. The second-order valence-electron chi connectivity index (χ2n) is 7.69. The van der Waals surface area contributed by atoms with Crippen LogP contribution >= 0.6 is 0 Å². The number of rotatable bonds is 4. The van der Waals surface area contributed by atoms with E-state index >= 15 is 0 Å². The van der Waals surface area contributed by atoms with Crippen LogP contribution in [0.3, 0.4) is 0 Å². The summed E-state index contributed by atoms with van der Waals surface area (Å²) in [5.74, 6) is 0.243. The lowest BCUT2D eigenvalue weighted by Gasteiger charge is -2.39. The molecule has 2 saturated heterocycles. The molecule has 0 aliphatic carbocycles. The van der Waals surface area contributed by atoms with Gasteiger partial charge in [0.1, 0.15) is 0 Å². The maximum absolute atomic E-state index is 13.2. The van der Waals surface area contributed by atoms with Crippen molar-refractivity contribution < 1.29 is 9.59 Å². The number of piperidine rings is 1. The van der Waals surface area contributed by atoms with E-state index in [4.69, 9.17) is 0 Å². The van der Waals surface area contributed by atoms with E-state index in [0.29, 0.717) is 19.5 Å². The van der Waals surface area contributed by atoms with Crippen molar-refractivity contribution in [1.82, 2.24) is 24.6 Å². The lowest BCUT2D eigenvalue weighted by molar-refractivity contribution is -0.143. The Balaban J connectivity index is 1.42. The SMILES string of the molecule is Cn1ccc(CC(=O)N2CCC[C@]3(CCN(Cc4cccnc4)C3=O)C2)n1. The first-order valence-electron chi connectivity index (χ1n) is 9.50. The van der Waals surface area contributed by atoms with Crippen molar-refractivity contribution in [3.8, 4) is 0 Å². The van der Waals surface area contributed by atoms with E-state index in [9.17, 15) is 9.59 Å².